The van der Waals surface area contributed by atoms with Crippen LogP contribution in [0.3, 0.4) is 0 Å². The monoisotopic (exact) mass is 446 g/mol. The van der Waals surface area contributed by atoms with Crippen LogP contribution in [-0.2, 0) is 15.9 Å². The van der Waals surface area contributed by atoms with Gasteiger partial charge in [0.2, 0.25) is 17.7 Å². The largest absolute Gasteiger partial charge is 0.481 e. The topological polar surface area (TPSA) is 109 Å². The van der Waals surface area contributed by atoms with Crippen molar-refractivity contribution in [2.75, 3.05) is 47.2 Å². The van der Waals surface area contributed by atoms with Gasteiger partial charge in [0.15, 0.2) is 5.82 Å². The summed E-state index contributed by atoms with van der Waals surface area (Å²) in [6.07, 6.45) is 4.29. The number of hydrogen-bond donors (Lipinski definition) is 0. The molecule has 1 amide bonds. The maximum atomic E-state index is 13.2. The molecule has 4 rings (SSSR count). The fourth-order valence-corrected chi connectivity index (χ4v) is 4.11. The number of rotatable bonds is 9. The molecular formula is C22H30N4O6. The van der Waals surface area contributed by atoms with E-state index in [4.69, 9.17) is 23.5 Å². The second kappa shape index (κ2) is 10.7. The van der Waals surface area contributed by atoms with E-state index in [0.29, 0.717) is 48.6 Å². The van der Waals surface area contributed by atoms with Crippen LogP contribution in [0.2, 0.25) is 0 Å². The van der Waals surface area contributed by atoms with E-state index in [1.807, 2.05) is 0 Å². The lowest BCUT2D eigenvalue weighted by Gasteiger charge is -2.22. The van der Waals surface area contributed by atoms with Gasteiger partial charge in [-0.05, 0) is 37.7 Å². The van der Waals surface area contributed by atoms with E-state index in [1.54, 1.807) is 17.0 Å². The Balaban J connectivity index is 1.35. The second-order valence-corrected chi connectivity index (χ2v) is 8.00. The van der Waals surface area contributed by atoms with Crippen molar-refractivity contribution in [1.82, 2.24) is 20.0 Å². The van der Waals surface area contributed by atoms with E-state index in [1.165, 1.54) is 14.2 Å². The van der Waals surface area contributed by atoms with Crippen molar-refractivity contribution in [3.63, 3.8) is 0 Å². The van der Waals surface area contributed by atoms with Gasteiger partial charge in [-0.1, -0.05) is 5.16 Å². The molecule has 0 N–H and O–H groups in total. The van der Waals surface area contributed by atoms with Gasteiger partial charge in [0, 0.05) is 38.9 Å². The highest BCUT2D eigenvalue weighted by atomic mass is 16.5. The van der Waals surface area contributed by atoms with Crippen molar-refractivity contribution in [3.8, 4) is 11.8 Å². The van der Waals surface area contributed by atoms with Crippen LogP contribution in [0, 0.1) is 5.92 Å². The molecular weight excluding hydrogens is 416 g/mol. The molecule has 0 radical (unpaired) electrons. The summed E-state index contributed by atoms with van der Waals surface area (Å²) in [6.45, 7) is 3.51. The Kier molecular flexibility index (Phi) is 7.54. The van der Waals surface area contributed by atoms with Gasteiger partial charge < -0.3 is 28.4 Å². The first-order valence-electron chi connectivity index (χ1n) is 11.1. The molecule has 174 valence electrons. The summed E-state index contributed by atoms with van der Waals surface area (Å²) in [6, 6.07) is 3.04. The third kappa shape index (κ3) is 5.18. The molecule has 32 heavy (non-hydrogen) atoms. The maximum absolute atomic E-state index is 13.2. The van der Waals surface area contributed by atoms with Crippen molar-refractivity contribution < 1.29 is 28.3 Å². The highest BCUT2D eigenvalue weighted by Crippen LogP contribution is 2.34. The fourth-order valence-electron chi connectivity index (χ4n) is 4.11. The van der Waals surface area contributed by atoms with Crippen molar-refractivity contribution >= 4 is 5.91 Å². The van der Waals surface area contributed by atoms with Crippen LogP contribution in [0.4, 0.5) is 0 Å². The number of likely N-dealkylation sites (tertiary alicyclic amines) is 1. The predicted molar refractivity (Wildman–Crippen MR) is 113 cm³/mol. The molecule has 2 fully saturated rings. The smallest absolute Gasteiger partial charge is 0.260 e. The number of nitrogens with zero attached hydrogens (tertiary/aromatic N) is 4. The summed E-state index contributed by atoms with van der Waals surface area (Å²) in [4.78, 5) is 23.7. The molecule has 1 atom stereocenters. The van der Waals surface area contributed by atoms with Gasteiger partial charge in [0.05, 0.1) is 20.8 Å². The van der Waals surface area contributed by atoms with Crippen molar-refractivity contribution in [2.45, 2.75) is 38.1 Å². The average molecular weight is 447 g/mol. The van der Waals surface area contributed by atoms with Crippen LogP contribution in [0.1, 0.15) is 53.8 Å². The van der Waals surface area contributed by atoms with Gasteiger partial charge in [-0.25, -0.2) is 0 Å². The Morgan fingerprint density at radius 3 is 2.78 bits per heavy atom. The SMILES string of the molecule is COc1ccc(C(=O)N2CCCC2c2nc(CCOCC3CCOCC3)no2)c(OC)n1. The van der Waals surface area contributed by atoms with E-state index < -0.39 is 0 Å². The first-order chi connectivity index (χ1) is 15.7. The number of hydrogen-bond acceptors (Lipinski definition) is 9. The summed E-state index contributed by atoms with van der Waals surface area (Å²) in [5.41, 5.74) is 0.376. The quantitative estimate of drug-likeness (QED) is 0.537. The van der Waals surface area contributed by atoms with Crippen LogP contribution in [0.25, 0.3) is 0 Å². The third-order valence-corrected chi connectivity index (χ3v) is 5.91. The van der Waals surface area contributed by atoms with Crippen LogP contribution < -0.4 is 9.47 Å². The van der Waals surface area contributed by atoms with Crippen LogP contribution in [-0.4, -0.2) is 73.1 Å². The summed E-state index contributed by atoms with van der Waals surface area (Å²) < 4.78 is 27.1. The van der Waals surface area contributed by atoms with Crippen molar-refractivity contribution in [3.05, 3.63) is 29.4 Å². The molecule has 4 heterocycles. The van der Waals surface area contributed by atoms with Gasteiger partial charge in [0.25, 0.3) is 5.91 Å². The third-order valence-electron chi connectivity index (χ3n) is 5.91. The van der Waals surface area contributed by atoms with Crippen LogP contribution in [0.5, 0.6) is 11.8 Å². The first kappa shape index (κ1) is 22.5. The lowest BCUT2D eigenvalue weighted by Crippen LogP contribution is -2.31. The molecule has 0 aromatic carbocycles. The Labute approximate surface area is 187 Å². The maximum Gasteiger partial charge on any atom is 0.260 e. The number of methoxy groups -OCH3 is 2. The molecule has 10 heteroatoms. The molecule has 2 aliphatic heterocycles. The molecule has 2 saturated heterocycles. The zero-order chi connectivity index (χ0) is 22.3. The van der Waals surface area contributed by atoms with Gasteiger partial charge in [-0.2, -0.15) is 9.97 Å². The second-order valence-electron chi connectivity index (χ2n) is 8.00. The van der Waals surface area contributed by atoms with E-state index in [-0.39, 0.29) is 17.8 Å². The van der Waals surface area contributed by atoms with Crippen LogP contribution in [0.15, 0.2) is 16.7 Å². The molecule has 0 bridgehead atoms. The Bertz CT molecular complexity index is 898. The number of ether oxygens (including phenoxy) is 4. The number of amides is 1. The van der Waals surface area contributed by atoms with E-state index in [2.05, 4.69) is 15.1 Å². The van der Waals surface area contributed by atoms with E-state index in [9.17, 15) is 4.79 Å². The molecule has 10 nitrogen and oxygen atoms in total. The van der Waals surface area contributed by atoms with Crippen LogP contribution >= 0.6 is 0 Å². The lowest BCUT2D eigenvalue weighted by atomic mass is 10.0. The standard InChI is InChI=1S/C22H30N4O6/c1-28-19-6-5-16(20(24-19)29-2)22(27)26-10-3-4-17(26)21-23-18(25-32-21)9-13-31-14-15-7-11-30-12-8-15/h5-6,15,17H,3-4,7-14H2,1-2H3. The Hall–Kier alpha value is -2.72. The first-order valence-corrected chi connectivity index (χ1v) is 11.1. The van der Waals surface area contributed by atoms with Gasteiger partial charge >= 0.3 is 0 Å². The van der Waals surface area contributed by atoms with Gasteiger partial charge in [0.1, 0.15) is 11.6 Å². The number of carbonyl (C=O) groups excluding carboxylic acids is 1. The molecule has 0 aliphatic carbocycles. The minimum Gasteiger partial charge on any atom is -0.481 e. The summed E-state index contributed by atoms with van der Waals surface area (Å²) in [7, 11) is 3.00. The van der Waals surface area contributed by atoms with E-state index in [0.717, 1.165) is 45.5 Å². The summed E-state index contributed by atoms with van der Waals surface area (Å²) >= 11 is 0. The Morgan fingerprint density at radius 2 is 2.00 bits per heavy atom. The minimum atomic E-state index is -0.265. The number of aromatic nitrogens is 3. The average Bonchev–Trinajstić information content (AvgIpc) is 3.51. The Morgan fingerprint density at radius 1 is 1.16 bits per heavy atom. The van der Waals surface area contributed by atoms with Crippen molar-refractivity contribution in [2.24, 2.45) is 5.92 Å². The molecule has 2 aromatic heterocycles. The predicted octanol–water partition coefficient (Wildman–Crippen LogP) is 2.44. The molecule has 2 aromatic rings. The zero-order valence-corrected chi connectivity index (χ0v) is 18.6. The normalized spacial score (nSPS) is 19.3. The van der Waals surface area contributed by atoms with Gasteiger partial charge in [-0.15, -0.1) is 0 Å². The fraction of sp³-hybridized carbons (Fsp3) is 0.636. The summed E-state index contributed by atoms with van der Waals surface area (Å²) in [5, 5.41) is 4.09. The van der Waals surface area contributed by atoms with Gasteiger partial charge in [-0.3, -0.25) is 4.79 Å². The molecule has 0 saturated carbocycles. The highest BCUT2D eigenvalue weighted by molar-refractivity contribution is 5.96. The lowest BCUT2D eigenvalue weighted by molar-refractivity contribution is 0.0211. The van der Waals surface area contributed by atoms with E-state index >= 15 is 0 Å². The molecule has 0 spiro atoms. The number of pyridine rings is 1. The van der Waals surface area contributed by atoms with Crippen molar-refractivity contribution in [1.29, 1.82) is 0 Å². The molecule has 2 aliphatic rings. The summed E-state index contributed by atoms with van der Waals surface area (Å²) in [5.74, 6) is 2.04. The highest BCUT2D eigenvalue weighted by Gasteiger charge is 2.36. The number of carbonyl (C=O) groups is 1. The zero-order valence-electron chi connectivity index (χ0n) is 18.6. The minimum absolute atomic E-state index is 0.181. The molecule has 1 unspecified atom stereocenters.